The molecule has 0 spiro atoms. The lowest BCUT2D eigenvalue weighted by Crippen LogP contribution is -2.52. The van der Waals surface area contributed by atoms with E-state index < -0.39 is 18.9 Å². The summed E-state index contributed by atoms with van der Waals surface area (Å²) in [6.07, 6.45) is -3.44. The highest BCUT2D eigenvalue weighted by atomic mass is 19.3. The van der Waals surface area contributed by atoms with E-state index in [1.54, 1.807) is 0 Å². The Bertz CT molecular complexity index is 280. The SMILES string of the molecule is NCCC(=O)N1CCN(CC(F)(F)C(F)F)CC1. The van der Waals surface area contributed by atoms with Crippen molar-refractivity contribution in [2.45, 2.75) is 18.8 Å². The zero-order valence-electron chi connectivity index (χ0n) is 9.92. The Hall–Kier alpha value is -0.890. The molecule has 0 aromatic rings. The van der Waals surface area contributed by atoms with Crippen molar-refractivity contribution in [3.63, 3.8) is 0 Å². The van der Waals surface area contributed by atoms with Crippen LogP contribution in [0.5, 0.6) is 0 Å². The first-order valence-corrected chi connectivity index (χ1v) is 5.73. The van der Waals surface area contributed by atoms with Gasteiger partial charge in [-0.3, -0.25) is 9.69 Å². The lowest BCUT2D eigenvalue weighted by molar-refractivity contribution is -0.148. The third-order valence-corrected chi connectivity index (χ3v) is 2.84. The fraction of sp³-hybridized carbons (Fsp3) is 0.900. The predicted octanol–water partition coefficient (Wildman–Crippen LogP) is 0.380. The maximum absolute atomic E-state index is 12.8. The van der Waals surface area contributed by atoms with E-state index in [9.17, 15) is 22.4 Å². The number of nitrogens with two attached hydrogens (primary N) is 1. The quantitative estimate of drug-likeness (QED) is 0.735. The number of carbonyl (C=O) groups excluding carboxylic acids is 1. The molecular formula is C10H17F4N3O. The van der Waals surface area contributed by atoms with E-state index >= 15 is 0 Å². The second-order valence-corrected chi connectivity index (χ2v) is 4.26. The molecule has 0 radical (unpaired) electrons. The zero-order chi connectivity index (χ0) is 13.8. The minimum atomic E-state index is -4.00. The lowest BCUT2D eigenvalue weighted by Gasteiger charge is -2.36. The molecule has 0 aliphatic carbocycles. The van der Waals surface area contributed by atoms with Gasteiger partial charge in [0.2, 0.25) is 5.91 Å². The van der Waals surface area contributed by atoms with Gasteiger partial charge in [0, 0.05) is 39.1 Å². The molecule has 0 bridgehead atoms. The van der Waals surface area contributed by atoms with E-state index in [0.717, 1.165) is 0 Å². The average Bonchev–Trinajstić information content (AvgIpc) is 2.29. The van der Waals surface area contributed by atoms with E-state index in [1.165, 1.54) is 9.80 Å². The van der Waals surface area contributed by atoms with Crippen molar-refractivity contribution in [3.8, 4) is 0 Å². The molecule has 4 nitrogen and oxygen atoms in total. The standard InChI is InChI=1S/C10H17F4N3O/c11-9(12)10(13,14)7-16-3-5-17(6-4-16)8(18)1-2-15/h9H,1-7,15H2. The molecule has 1 saturated heterocycles. The van der Waals surface area contributed by atoms with Crippen molar-refractivity contribution in [2.75, 3.05) is 39.3 Å². The van der Waals surface area contributed by atoms with Crippen molar-refractivity contribution >= 4 is 5.91 Å². The van der Waals surface area contributed by atoms with Gasteiger partial charge < -0.3 is 10.6 Å². The molecule has 106 valence electrons. The van der Waals surface area contributed by atoms with Crippen LogP contribution in [0.1, 0.15) is 6.42 Å². The van der Waals surface area contributed by atoms with Crippen LogP contribution in [-0.2, 0) is 4.79 Å². The van der Waals surface area contributed by atoms with Gasteiger partial charge in [0.05, 0.1) is 6.54 Å². The molecule has 1 fully saturated rings. The summed E-state index contributed by atoms with van der Waals surface area (Å²) in [6, 6.07) is 0. The number of rotatable bonds is 5. The fourth-order valence-corrected chi connectivity index (χ4v) is 1.80. The molecular weight excluding hydrogens is 254 g/mol. The predicted molar refractivity (Wildman–Crippen MR) is 57.6 cm³/mol. The van der Waals surface area contributed by atoms with Gasteiger partial charge in [-0.15, -0.1) is 0 Å². The molecule has 1 amide bonds. The van der Waals surface area contributed by atoms with Gasteiger partial charge in [-0.2, -0.15) is 8.78 Å². The van der Waals surface area contributed by atoms with Crippen molar-refractivity contribution in [2.24, 2.45) is 5.73 Å². The summed E-state index contributed by atoms with van der Waals surface area (Å²) in [5, 5.41) is 0. The van der Waals surface area contributed by atoms with Crippen LogP contribution in [0.15, 0.2) is 0 Å². The second-order valence-electron chi connectivity index (χ2n) is 4.26. The van der Waals surface area contributed by atoms with Crippen LogP contribution in [0.3, 0.4) is 0 Å². The van der Waals surface area contributed by atoms with Crippen LogP contribution >= 0.6 is 0 Å². The van der Waals surface area contributed by atoms with Crippen molar-refractivity contribution in [3.05, 3.63) is 0 Å². The van der Waals surface area contributed by atoms with E-state index in [4.69, 9.17) is 5.73 Å². The van der Waals surface area contributed by atoms with E-state index in [0.29, 0.717) is 0 Å². The Morgan fingerprint density at radius 3 is 2.22 bits per heavy atom. The molecule has 0 atom stereocenters. The minimum Gasteiger partial charge on any atom is -0.340 e. The lowest BCUT2D eigenvalue weighted by atomic mass is 10.2. The summed E-state index contributed by atoms with van der Waals surface area (Å²) < 4.78 is 49.7. The number of piperazine rings is 1. The maximum atomic E-state index is 12.8. The summed E-state index contributed by atoms with van der Waals surface area (Å²) in [7, 11) is 0. The fourth-order valence-electron chi connectivity index (χ4n) is 1.80. The number of amides is 1. The van der Waals surface area contributed by atoms with Crippen LogP contribution in [0.4, 0.5) is 17.6 Å². The number of carbonyl (C=O) groups is 1. The number of hydrogen-bond donors (Lipinski definition) is 1. The molecule has 0 aromatic carbocycles. The molecule has 2 N–H and O–H groups in total. The Morgan fingerprint density at radius 2 is 1.78 bits per heavy atom. The molecule has 0 aromatic heterocycles. The van der Waals surface area contributed by atoms with Gasteiger partial charge in [0.1, 0.15) is 0 Å². The van der Waals surface area contributed by atoms with Crippen LogP contribution in [0.2, 0.25) is 0 Å². The largest absolute Gasteiger partial charge is 0.340 e. The highest BCUT2D eigenvalue weighted by Gasteiger charge is 2.42. The smallest absolute Gasteiger partial charge is 0.319 e. The number of halogens is 4. The van der Waals surface area contributed by atoms with Gasteiger partial charge in [0.25, 0.3) is 0 Å². The molecule has 1 aliphatic rings. The summed E-state index contributed by atoms with van der Waals surface area (Å²) in [4.78, 5) is 14.2. The monoisotopic (exact) mass is 271 g/mol. The van der Waals surface area contributed by atoms with Crippen molar-refractivity contribution in [1.29, 1.82) is 0 Å². The summed E-state index contributed by atoms with van der Waals surface area (Å²) in [5.74, 6) is -4.12. The van der Waals surface area contributed by atoms with Crippen LogP contribution in [-0.4, -0.2) is 67.3 Å². The van der Waals surface area contributed by atoms with Crippen molar-refractivity contribution < 1.29 is 22.4 Å². The molecule has 0 saturated carbocycles. The number of alkyl halides is 4. The zero-order valence-corrected chi connectivity index (χ0v) is 9.92. The first-order valence-electron chi connectivity index (χ1n) is 5.73. The number of nitrogens with zero attached hydrogens (tertiary/aromatic N) is 2. The van der Waals surface area contributed by atoms with Gasteiger partial charge in [-0.25, -0.2) is 8.78 Å². The normalized spacial score (nSPS) is 18.4. The molecule has 18 heavy (non-hydrogen) atoms. The van der Waals surface area contributed by atoms with Crippen molar-refractivity contribution in [1.82, 2.24) is 9.80 Å². The average molecular weight is 271 g/mol. The topological polar surface area (TPSA) is 49.6 Å². The molecule has 1 rings (SSSR count). The first-order chi connectivity index (χ1) is 8.36. The Balaban J connectivity index is 2.38. The second kappa shape index (κ2) is 6.33. The minimum absolute atomic E-state index is 0.127. The highest BCUT2D eigenvalue weighted by Crippen LogP contribution is 2.24. The first kappa shape index (κ1) is 15.2. The van der Waals surface area contributed by atoms with E-state index in [2.05, 4.69) is 0 Å². The Kier molecular flexibility index (Phi) is 5.33. The molecule has 8 heteroatoms. The molecule has 1 aliphatic heterocycles. The maximum Gasteiger partial charge on any atom is 0.319 e. The van der Waals surface area contributed by atoms with E-state index in [1.807, 2.05) is 0 Å². The van der Waals surface area contributed by atoms with Gasteiger partial charge >= 0.3 is 12.3 Å². The van der Waals surface area contributed by atoms with E-state index in [-0.39, 0.29) is 45.1 Å². The summed E-state index contributed by atoms with van der Waals surface area (Å²) in [6.45, 7) is 0.180. The molecule has 0 unspecified atom stereocenters. The Morgan fingerprint density at radius 1 is 1.22 bits per heavy atom. The molecule has 1 heterocycles. The summed E-state index contributed by atoms with van der Waals surface area (Å²) >= 11 is 0. The van der Waals surface area contributed by atoms with Gasteiger partial charge in [0.15, 0.2) is 0 Å². The van der Waals surface area contributed by atoms with Gasteiger partial charge in [-0.1, -0.05) is 0 Å². The van der Waals surface area contributed by atoms with Crippen LogP contribution in [0, 0.1) is 0 Å². The Labute approximate surface area is 103 Å². The van der Waals surface area contributed by atoms with Gasteiger partial charge in [-0.05, 0) is 0 Å². The van der Waals surface area contributed by atoms with Crippen LogP contribution in [0.25, 0.3) is 0 Å². The third kappa shape index (κ3) is 4.09. The third-order valence-electron chi connectivity index (χ3n) is 2.84. The number of hydrogen-bond acceptors (Lipinski definition) is 3. The highest BCUT2D eigenvalue weighted by molar-refractivity contribution is 5.76. The van der Waals surface area contributed by atoms with Crippen LogP contribution < -0.4 is 5.73 Å². The summed E-state index contributed by atoms with van der Waals surface area (Å²) in [5.41, 5.74) is 5.24.